The second-order valence-corrected chi connectivity index (χ2v) is 5.02. The van der Waals surface area contributed by atoms with Gasteiger partial charge in [0, 0.05) is 6.61 Å². The van der Waals surface area contributed by atoms with Crippen LogP contribution in [-0.4, -0.2) is 32.3 Å². The second-order valence-electron chi connectivity index (χ2n) is 5.02. The van der Waals surface area contributed by atoms with Crippen LogP contribution in [0.3, 0.4) is 0 Å². The van der Waals surface area contributed by atoms with Crippen LogP contribution in [0.4, 0.5) is 0 Å². The Hall–Kier alpha value is -1.33. The highest BCUT2D eigenvalue weighted by Gasteiger charge is 2.21. The number of carbonyl (C=O) groups excluding carboxylic acids is 1. The summed E-state index contributed by atoms with van der Waals surface area (Å²) in [6.45, 7) is 3.79. The van der Waals surface area contributed by atoms with Gasteiger partial charge in [0.15, 0.2) is 0 Å². The molecule has 1 aliphatic heterocycles. The molecule has 0 spiro atoms. The zero-order valence-corrected chi connectivity index (χ0v) is 12.2. The summed E-state index contributed by atoms with van der Waals surface area (Å²) < 4.78 is 15.9. The lowest BCUT2D eigenvalue weighted by atomic mass is 10.0. The summed E-state index contributed by atoms with van der Waals surface area (Å²) in [6.07, 6.45) is 4.61. The third-order valence-electron chi connectivity index (χ3n) is 3.61. The Labute approximate surface area is 119 Å². The number of rotatable bonds is 7. The highest BCUT2D eigenvalue weighted by atomic mass is 16.5. The molecule has 0 saturated carbocycles. The summed E-state index contributed by atoms with van der Waals surface area (Å²) in [4.78, 5) is 11.4. The lowest BCUT2D eigenvalue weighted by Crippen LogP contribution is -2.22. The number of furan rings is 1. The van der Waals surface area contributed by atoms with E-state index in [0.29, 0.717) is 6.10 Å². The van der Waals surface area contributed by atoms with Crippen molar-refractivity contribution in [3.05, 3.63) is 23.7 Å². The van der Waals surface area contributed by atoms with Crippen molar-refractivity contribution in [3.63, 3.8) is 0 Å². The summed E-state index contributed by atoms with van der Waals surface area (Å²) in [5.41, 5.74) is 0. The van der Waals surface area contributed by atoms with Gasteiger partial charge in [-0.25, -0.2) is 4.79 Å². The molecular weight excluding hydrogens is 258 g/mol. The fraction of sp³-hybridized carbons (Fsp3) is 0.667. The van der Waals surface area contributed by atoms with Gasteiger partial charge in [-0.1, -0.05) is 6.92 Å². The van der Waals surface area contributed by atoms with Crippen LogP contribution >= 0.6 is 0 Å². The van der Waals surface area contributed by atoms with Crippen LogP contribution in [0.25, 0.3) is 0 Å². The molecule has 20 heavy (non-hydrogen) atoms. The molecule has 1 fully saturated rings. The molecule has 2 rings (SSSR count). The summed E-state index contributed by atoms with van der Waals surface area (Å²) in [5, 5.41) is 3.39. The summed E-state index contributed by atoms with van der Waals surface area (Å²) in [6, 6.07) is 3.62. The van der Waals surface area contributed by atoms with Gasteiger partial charge in [0.25, 0.3) is 0 Å². The first-order valence-electron chi connectivity index (χ1n) is 7.27. The topological polar surface area (TPSA) is 60.7 Å². The van der Waals surface area contributed by atoms with Crippen LogP contribution in [0.2, 0.25) is 0 Å². The minimum Gasteiger partial charge on any atom is -0.463 e. The third kappa shape index (κ3) is 3.84. The van der Waals surface area contributed by atoms with Gasteiger partial charge >= 0.3 is 5.97 Å². The number of esters is 1. The van der Waals surface area contributed by atoms with Crippen molar-refractivity contribution in [1.82, 2.24) is 5.32 Å². The monoisotopic (exact) mass is 281 g/mol. The SMILES string of the molecule is CCNC(CCC1CCCO1)c1ccc(C(=O)OC)o1. The molecule has 112 valence electrons. The number of methoxy groups -OCH3 is 1. The maximum Gasteiger partial charge on any atom is 0.373 e. The Kier molecular flexibility index (Phi) is 5.61. The molecule has 0 bridgehead atoms. The average molecular weight is 281 g/mol. The largest absolute Gasteiger partial charge is 0.463 e. The molecule has 1 N–H and O–H groups in total. The first-order valence-corrected chi connectivity index (χ1v) is 7.27. The minimum absolute atomic E-state index is 0.114. The molecule has 0 amide bonds. The van der Waals surface area contributed by atoms with Crippen LogP contribution in [0.5, 0.6) is 0 Å². The van der Waals surface area contributed by atoms with Crippen molar-refractivity contribution in [2.45, 2.75) is 44.8 Å². The van der Waals surface area contributed by atoms with Crippen molar-refractivity contribution in [3.8, 4) is 0 Å². The maximum atomic E-state index is 11.4. The smallest absolute Gasteiger partial charge is 0.373 e. The van der Waals surface area contributed by atoms with E-state index in [2.05, 4.69) is 17.0 Å². The fourth-order valence-electron chi connectivity index (χ4n) is 2.57. The van der Waals surface area contributed by atoms with E-state index >= 15 is 0 Å². The molecule has 1 saturated heterocycles. The number of hydrogen-bond donors (Lipinski definition) is 1. The molecule has 1 aliphatic rings. The van der Waals surface area contributed by atoms with E-state index in [4.69, 9.17) is 9.15 Å². The van der Waals surface area contributed by atoms with Gasteiger partial charge in [0.1, 0.15) is 5.76 Å². The molecule has 0 radical (unpaired) electrons. The number of carbonyl (C=O) groups is 1. The molecule has 2 heterocycles. The molecule has 2 atom stereocenters. The molecular formula is C15H23NO4. The number of hydrogen-bond acceptors (Lipinski definition) is 5. The molecule has 0 aromatic carbocycles. The van der Waals surface area contributed by atoms with E-state index in [-0.39, 0.29) is 11.8 Å². The van der Waals surface area contributed by atoms with Crippen LogP contribution in [0.1, 0.15) is 55.0 Å². The van der Waals surface area contributed by atoms with E-state index in [9.17, 15) is 4.79 Å². The van der Waals surface area contributed by atoms with Crippen molar-refractivity contribution in [2.24, 2.45) is 0 Å². The highest BCUT2D eigenvalue weighted by molar-refractivity contribution is 5.86. The van der Waals surface area contributed by atoms with Gasteiger partial charge in [0.05, 0.1) is 19.3 Å². The van der Waals surface area contributed by atoms with Gasteiger partial charge in [-0.15, -0.1) is 0 Å². The number of nitrogens with one attached hydrogen (secondary N) is 1. The molecule has 0 aliphatic carbocycles. The lowest BCUT2D eigenvalue weighted by Gasteiger charge is -2.17. The van der Waals surface area contributed by atoms with Crippen molar-refractivity contribution in [1.29, 1.82) is 0 Å². The predicted molar refractivity (Wildman–Crippen MR) is 74.7 cm³/mol. The standard InChI is InChI=1S/C15H23NO4/c1-3-16-12(7-6-11-5-4-10-19-11)13-8-9-14(20-13)15(17)18-2/h8-9,11-12,16H,3-7,10H2,1-2H3. The van der Waals surface area contributed by atoms with E-state index in [1.807, 2.05) is 6.07 Å². The van der Waals surface area contributed by atoms with Gasteiger partial charge in [-0.05, 0) is 44.4 Å². The summed E-state index contributed by atoms with van der Waals surface area (Å²) in [5.74, 6) is 0.596. The van der Waals surface area contributed by atoms with Crippen molar-refractivity contribution >= 4 is 5.97 Å². The van der Waals surface area contributed by atoms with Crippen LogP contribution in [-0.2, 0) is 9.47 Å². The second kappa shape index (κ2) is 7.45. The average Bonchev–Trinajstić information content (AvgIpc) is 3.13. The highest BCUT2D eigenvalue weighted by Crippen LogP contribution is 2.25. The van der Waals surface area contributed by atoms with Gasteiger partial charge in [0.2, 0.25) is 5.76 Å². The Balaban J connectivity index is 1.95. The maximum absolute atomic E-state index is 11.4. The zero-order chi connectivity index (χ0) is 14.4. The van der Waals surface area contributed by atoms with Crippen LogP contribution < -0.4 is 5.32 Å². The normalized spacial score (nSPS) is 20.0. The van der Waals surface area contributed by atoms with Crippen molar-refractivity contribution in [2.75, 3.05) is 20.3 Å². The van der Waals surface area contributed by atoms with E-state index in [1.54, 1.807) is 6.07 Å². The summed E-state index contributed by atoms with van der Waals surface area (Å²) >= 11 is 0. The Morgan fingerprint density at radius 3 is 3.05 bits per heavy atom. The van der Waals surface area contributed by atoms with Gasteiger partial charge in [-0.2, -0.15) is 0 Å². The molecule has 1 aromatic rings. The minimum atomic E-state index is -0.439. The fourth-order valence-corrected chi connectivity index (χ4v) is 2.57. The Bertz CT molecular complexity index is 423. The number of ether oxygens (including phenoxy) is 2. The van der Waals surface area contributed by atoms with Crippen molar-refractivity contribution < 1.29 is 18.7 Å². The zero-order valence-electron chi connectivity index (χ0n) is 12.2. The van der Waals surface area contributed by atoms with Gasteiger partial charge in [-0.3, -0.25) is 0 Å². The first kappa shape index (κ1) is 15.1. The lowest BCUT2D eigenvalue weighted by molar-refractivity contribution is 0.0561. The van der Waals surface area contributed by atoms with Crippen LogP contribution in [0, 0.1) is 0 Å². The molecule has 5 heteroatoms. The summed E-state index contributed by atoms with van der Waals surface area (Å²) in [7, 11) is 1.35. The Morgan fingerprint density at radius 1 is 1.55 bits per heavy atom. The van der Waals surface area contributed by atoms with E-state index in [0.717, 1.165) is 44.6 Å². The predicted octanol–water partition coefficient (Wildman–Crippen LogP) is 2.68. The molecule has 2 unspecified atom stereocenters. The van der Waals surface area contributed by atoms with E-state index < -0.39 is 5.97 Å². The van der Waals surface area contributed by atoms with Gasteiger partial charge < -0.3 is 19.2 Å². The van der Waals surface area contributed by atoms with Crippen LogP contribution in [0.15, 0.2) is 16.5 Å². The molecule has 1 aromatic heterocycles. The third-order valence-corrected chi connectivity index (χ3v) is 3.61. The Morgan fingerprint density at radius 2 is 2.40 bits per heavy atom. The quantitative estimate of drug-likeness (QED) is 0.779. The first-order chi connectivity index (χ1) is 9.74. The van der Waals surface area contributed by atoms with E-state index in [1.165, 1.54) is 7.11 Å². The molecule has 5 nitrogen and oxygen atoms in total.